The molecule has 0 saturated carbocycles. The summed E-state index contributed by atoms with van der Waals surface area (Å²) in [7, 11) is -1.41. The van der Waals surface area contributed by atoms with Crippen LogP contribution in [0.2, 0.25) is 0 Å². The van der Waals surface area contributed by atoms with Gasteiger partial charge < -0.3 is 5.11 Å². The van der Waals surface area contributed by atoms with E-state index in [9.17, 15) is 13.4 Å². The van der Waals surface area contributed by atoms with E-state index in [1.54, 1.807) is 11.7 Å². The summed E-state index contributed by atoms with van der Waals surface area (Å²) >= 11 is 1.37. The fourth-order valence-corrected chi connectivity index (χ4v) is 3.28. The van der Waals surface area contributed by atoms with Gasteiger partial charge >= 0.3 is 5.97 Å². The van der Waals surface area contributed by atoms with Crippen molar-refractivity contribution < 1.29 is 18.5 Å². The lowest BCUT2D eigenvalue weighted by Gasteiger charge is -2.03. The molecule has 1 unspecified atom stereocenters. The Balaban J connectivity index is 2.26. The zero-order valence-electron chi connectivity index (χ0n) is 9.00. The fourth-order valence-electron chi connectivity index (χ4n) is 1.34. The molecule has 1 aromatic heterocycles. The predicted molar refractivity (Wildman–Crippen MR) is 65.6 cm³/mol. The van der Waals surface area contributed by atoms with Crippen LogP contribution in [0.25, 0.3) is 0 Å². The summed E-state index contributed by atoms with van der Waals surface area (Å²) in [5, 5.41) is 8.78. The van der Waals surface area contributed by atoms with Crippen molar-refractivity contribution in [3.63, 3.8) is 0 Å². The number of rotatable bonds is 4. The van der Waals surface area contributed by atoms with E-state index in [0.717, 1.165) is 17.0 Å². The van der Waals surface area contributed by atoms with Crippen molar-refractivity contribution in [1.29, 1.82) is 0 Å². The standard InChI is InChI=1S/C11H8FNO3S2/c12-10-2-1-8(3-9(10)11(14)15)18(16)5-7-4-13-6-17-7/h1-4,6H,5H2,(H,14,15). The van der Waals surface area contributed by atoms with E-state index < -0.39 is 28.1 Å². The lowest BCUT2D eigenvalue weighted by molar-refractivity contribution is 0.0691. The second-order valence-electron chi connectivity index (χ2n) is 3.40. The van der Waals surface area contributed by atoms with Gasteiger partial charge in [0.2, 0.25) is 0 Å². The molecule has 1 heterocycles. The zero-order chi connectivity index (χ0) is 13.1. The average molecular weight is 285 g/mol. The summed E-state index contributed by atoms with van der Waals surface area (Å²) in [6, 6.07) is 3.46. The van der Waals surface area contributed by atoms with E-state index >= 15 is 0 Å². The number of carbonyl (C=O) groups is 1. The fraction of sp³-hybridized carbons (Fsp3) is 0.0909. The maximum absolute atomic E-state index is 13.2. The van der Waals surface area contributed by atoms with Gasteiger partial charge in [-0.1, -0.05) is 0 Å². The van der Waals surface area contributed by atoms with Crippen molar-refractivity contribution in [2.24, 2.45) is 0 Å². The first kappa shape index (κ1) is 12.8. The Morgan fingerprint density at radius 3 is 2.89 bits per heavy atom. The van der Waals surface area contributed by atoms with E-state index in [-0.39, 0.29) is 5.75 Å². The molecule has 0 radical (unpaired) electrons. The number of halogens is 1. The van der Waals surface area contributed by atoms with Gasteiger partial charge in [0.15, 0.2) is 0 Å². The van der Waals surface area contributed by atoms with Crippen LogP contribution in [0.4, 0.5) is 4.39 Å². The molecule has 4 nitrogen and oxygen atoms in total. The highest BCUT2D eigenvalue weighted by Gasteiger charge is 2.14. The number of carboxylic acids is 1. The summed E-state index contributed by atoms with van der Waals surface area (Å²) in [6.07, 6.45) is 1.60. The molecule has 0 bridgehead atoms. The van der Waals surface area contributed by atoms with Gasteiger partial charge in [-0.05, 0) is 18.2 Å². The van der Waals surface area contributed by atoms with Crippen LogP contribution in [-0.4, -0.2) is 20.3 Å². The minimum absolute atomic E-state index is 0.245. The van der Waals surface area contributed by atoms with Crippen molar-refractivity contribution in [2.45, 2.75) is 10.6 Å². The number of aromatic nitrogens is 1. The van der Waals surface area contributed by atoms with Crippen LogP contribution in [0.15, 0.2) is 34.8 Å². The highest BCUT2D eigenvalue weighted by Crippen LogP contribution is 2.18. The zero-order valence-corrected chi connectivity index (χ0v) is 10.6. The van der Waals surface area contributed by atoms with Crippen LogP contribution in [0, 0.1) is 5.82 Å². The molecule has 0 saturated heterocycles. The molecule has 2 aromatic rings. The van der Waals surface area contributed by atoms with Gasteiger partial charge in [0, 0.05) is 16.0 Å². The van der Waals surface area contributed by atoms with Crippen LogP contribution in [0.1, 0.15) is 15.2 Å². The van der Waals surface area contributed by atoms with Crippen molar-refractivity contribution >= 4 is 28.1 Å². The highest BCUT2D eigenvalue weighted by atomic mass is 32.2. The summed E-state index contributed by atoms with van der Waals surface area (Å²) in [4.78, 5) is 15.7. The van der Waals surface area contributed by atoms with Crippen molar-refractivity contribution in [3.8, 4) is 0 Å². The van der Waals surface area contributed by atoms with Gasteiger partial charge in [0.25, 0.3) is 0 Å². The van der Waals surface area contributed by atoms with Gasteiger partial charge in [-0.25, -0.2) is 9.18 Å². The molecule has 0 amide bonds. The molecule has 0 spiro atoms. The van der Waals surface area contributed by atoms with Crippen LogP contribution >= 0.6 is 11.3 Å². The minimum Gasteiger partial charge on any atom is -0.478 e. The third kappa shape index (κ3) is 2.80. The van der Waals surface area contributed by atoms with Crippen molar-refractivity contribution in [2.75, 3.05) is 0 Å². The monoisotopic (exact) mass is 285 g/mol. The Bertz CT molecular complexity index is 598. The van der Waals surface area contributed by atoms with Gasteiger partial charge in [-0.2, -0.15) is 0 Å². The van der Waals surface area contributed by atoms with Crippen LogP contribution in [0.3, 0.4) is 0 Å². The van der Waals surface area contributed by atoms with E-state index in [1.165, 1.54) is 17.4 Å². The Kier molecular flexibility index (Phi) is 3.83. The molecule has 0 aliphatic carbocycles. The SMILES string of the molecule is O=C(O)c1cc(S(=O)Cc2cncs2)ccc1F. The van der Waals surface area contributed by atoms with Gasteiger partial charge in [-0.3, -0.25) is 9.19 Å². The number of carboxylic acid groups (broad SMARTS) is 1. The van der Waals surface area contributed by atoms with Crippen LogP contribution in [0.5, 0.6) is 0 Å². The number of hydrogen-bond donors (Lipinski definition) is 1. The van der Waals surface area contributed by atoms with Crippen LogP contribution < -0.4 is 0 Å². The third-order valence-electron chi connectivity index (χ3n) is 2.19. The molecular formula is C11H8FNO3S2. The second-order valence-corrected chi connectivity index (χ2v) is 5.83. The molecule has 1 aromatic carbocycles. The van der Waals surface area contributed by atoms with Gasteiger partial charge in [0.05, 0.1) is 27.6 Å². The van der Waals surface area contributed by atoms with Crippen LogP contribution in [-0.2, 0) is 16.6 Å². The van der Waals surface area contributed by atoms with Crippen molar-refractivity contribution in [1.82, 2.24) is 4.98 Å². The molecule has 0 aliphatic rings. The number of hydrogen-bond acceptors (Lipinski definition) is 4. The van der Waals surface area contributed by atoms with E-state index in [0.29, 0.717) is 4.90 Å². The van der Waals surface area contributed by atoms with Gasteiger partial charge in [0.1, 0.15) is 5.82 Å². The maximum atomic E-state index is 13.2. The topological polar surface area (TPSA) is 67.3 Å². The first-order chi connectivity index (χ1) is 8.58. The molecule has 18 heavy (non-hydrogen) atoms. The van der Waals surface area contributed by atoms with E-state index in [4.69, 9.17) is 5.11 Å². The maximum Gasteiger partial charge on any atom is 0.338 e. The first-order valence-corrected chi connectivity index (χ1v) is 7.06. The molecule has 2 rings (SSSR count). The molecule has 94 valence electrons. The normalized spacial score (nSPS) is 12.3. The number of aromatic carboxylic acids is 1. The quantitative estimate of drug-likeness (QED) is 0.936. The molecular weight excluding hydrogens is 277 g/mol. The van der Waals surface area contributed by atoms with Crippen molar-refractivity contribution in [3.05, 3.63) is 46.2 Å². The molecule has 1 atom stereocenters. The summed E-state index contributed by atoms with van der Waals surface area (Å²) < 4.78 is 25.1. The Morgan fingerprint density at radius 2 is 2.28 bits per heavy atom. The first-order valence-electron chi connectivity index (χ1n) is 4.86. The molecule has 7 heteroatoms. The Hall–Kier alpha value is -1.60. The minimum atomic E-state index is -1.41. The average Bonchev–Trinajstić information content (AvgIpc) is 2.81. The second kappa shape index (κ2) is 5.36. The number of benzene rings is 1. The third-order valence-corrected chi connectivity index (χ3v) is 4.50. The molecule has 0 aliphatic heterocycles. The number of thiazole rings is 1. The Labute approximate surface area is 109 Å². The molecule has 0 fully saturated rings. The highest BCUT2D eigenvalue weighted by molar-refractivity contribution is 7.84. The smallest absolute Gasteiger partial charge is 0.338 e. The van der Waals surface area contributed by atoms with E-state index in [1.807, 2.05) is 0 Å². The summed E-state index contributed by atoms with van der Waals surface area (Å²) in [5.41, 5.74) is 1.16. The van der Waals surface area contributed by atoms with Gasteiger partial charge in [-0.15, -0.1) is 11.3 Å². The summed E-state index contributed by atoms with van der Waals surface area (Å²) in [5.74, 6) is -1.96. The lowest BCUT2D eigenvalue weighted by Crippen LogP contribution is -2.03. The predicted octanol–water partition coefficient (Wildman–Crippen LogP) is 2.29. The lowest BCUT2D eigenvalue weighted by atomic mass is 10.2. The molecule has 1 N–H and O–H groups in total. The largest absolute Gasteiger partial charge is 0.478 e. The van der Waals surface area contributed by atoms with E-state index in [2.05, 4.69) is 4.98 Å². The number of nitrogens with zero attached hydrogens (tertiary/aromatic N) is 1. The summed E-state index contributed by atoms with van der Waals surface area (Å²) in [6.45, 7) is 0. The Morgan fingerprint density at radius 1 is 1.50 bits per heavy atom.